The number of hydrogen-bond donors (Lipinski definition) is 3. The zero-order valence-corrected chi connectivity index (χ0v) is 10.6. The highest BCUT2D eigenvalue weighted by Gasteiger charge is 2.49. The number of halogens is 2. The van der Waals surface area contributed by atoms with E-state index in [-0.39, 0.29) is 12.5 Å². The maximum atomic E-state index is 12.3. The summed E-state index contributed by atoms with van der Waals surface area (Å²) in [4.78, 5) is 23.8. The van der Waals surface area contributed by atoms with Gasteiger partial charge in [0.2, 0.25) is 0 Å². The second-order valence-corrected chi connectivity index (χ2v) is 4.77. The number of alkyl halides is 2. The van der Waals surface area contributed by atoms with E-state index in [2.05, 4.69) is 5.32 Å². The van der Waals surface area contributed by atoms with Crippen molar-refractivity contribution in [2.45, 2.75) is 31.7 Å². The molecule has 0 bridgehead atoms. The number of rotatable bonds is 7. The number of carbonyl (C=O) groups excluding carboxylic acids is 1. The van der Waals surface area contributed by atoms with Gasteiger partial charge >= 0.3 is 12.0 Å². The lowest BCUT2D eigenvalue weighted by Gasteiger charge is -2.30. The van der Waals surface area contributed by atoms with Gasteiger partial charge in [-0.25, -0.2) is 18.4 Å². The number of aliphatic hydroxyl groups excluding tert-OH is 1. The fourth-order valence-electron chi connectivity index (χ4n) is 1.86. The van der Waals surface area contributed by atoms with Gasteiger partial charge in [-0.1, -0.05) is 0 Å². The molecule has 0 spiro atoms. The molecule has 1 atom stereocenters. The van der Waals surface area contributed by atoms with Crippen molar-refractivity contribution in [3.8, 4) is 0 Å². The van der Waals surface area contributed by atoms with Gasteiger partial charge in [0.05, 0.1) is 13.2 Å². The molecule has 1 saturated carbocycles. The molecule has 0 radical (unpaired) electrons. The Kier molecular flexibility index (Phi) is 5.04. The quantitative estimate of drug-likeness (QED) is 0.634. The number of amides is 2. The van der Waals surface area contributed by atoms with Crippen molar-refractivity contribution in [3.05, 3.63) is 0 Å². The first-order valence-electron chi connectivity index (χ1n) is 6.00. The number of aliphatic carboxylic acids is 1. The first kappa shape index (κ1) is 15.6. The van der Waals surface area contributed by atoms with Crippen LogP contribution in [-0.2, 0) is 4.79 Å². The van der Waals surface area contributed by atoms with Crippen molar-refractivity contribution in [1.29, 1.82) is 0 Å². The van der Waals surface area contributed by atoms with E-state index in [1.807, 2.05) is 0 Å². The number of nitrogens with zero attached hydrogens (tertiary/aromatic N) is 1. The van der Waals surface area contributed by atoms with Gasteiger partial charge in [-0.15, -0.1) is 0 Å². The molecule has 1 fully saturated rings. The molecule has 0 aromatic rings. The normalized spacial score (nSPS) is 17.9. The number of nitrogens with one attached hydrogen (secondary N) is 1. The van der Waals surface area contributed by atoms with Crippen LogP contribution in [0, 0.1) is 5.92 Å². The van der Waals surface area contributed by atoms with E-state index < -0.39 is 37.1 Å². The van der Waals surface area contributed by atoms with Crippen molar-refractivity contribution in [2.24, 2.45) is 5.92 Å². The first-order valence-corrected chi connectivity index (χ1v) is 6.00. The third-order valence-electron chi connectivity index (χ3n) is 3.22. The Morgan fingerprint density at radius 1 is 1.47 bits per heavy atom. The molecule has 0 aliphatic heterocycles. The summed E-state index contributed by atoms with van der Waals surface area (Å²) < 4.78 is 24.6. The fourth-order valence-corrected chi connectivity index (χ4v) is 1.86. The lowest BCUT2D eigenvalue weighted by atomic mass is 9.96. The molecule has 0 aromatic heterocycles. The van der Waals surface area contributed by atoms with E-state index in [4.69, 9.17) is 10.2 Å². The fraction of sp³-hybridized carbons (Fsp3) is 0.818. The van der Waals surface area contributed by atoms with Crippen molar-refractivity contribution in [2.75, 3.05) is 19.7 Å². The Morgan fingerprint density at radius 2 is 2.05 bits per heavy atom. The van der Waals surface area contributed by atoms with Gasteiger partial charge in [0.25, 0.3) is 6.43 Å². The molecule has 1 aliphatic rings. The molecule has 6 nitrogen and oxygen atoms in total. The number of hydrogen-bond acceptors (Lipinski definition) is 3. The highest BCUT2D eigenvalue weighted by atomic mass is 19.3. The highest BCUT2D eigenvalue weighted by Crippen LogP contribution is 2.39. The maximum absolute atomic E-state index is 12.3. The molecular formula is C11H18F2N2O4. The van der Waals surface area contributed by atoms with Gasteiger partial charge in [-0.2, -0.15) is 0 Å². The van der Waals surface area contributed by atoms with Gasteiger partial charge in [-0.05, 0) is 25.7 Å². The molecule has 110 valence electrons. The minimum Gasteiger partial charge on any atom is -0.480 e. The van der Waals surface area contributed by atoms with E-state index in [0.717, 1.165) is 0 Å². The predicted octanol–water partition coefficient (Wildman–Crippen LogP) is 0.509. The number of urea groups is 1. The lowest BCUT2D eigenvalue weighted by molar-refractivity contribution is -0.144. The zero-order valence-electron chi connectivity index (χ0n) is 10.6. The van der Waals surface area contributed by atoms with Crippen LogP contribution in [0.2, 0.25) is 0 Å². The molecule has 0 saturated heterocycles. The molecular weight excluding hydrogens is 262 g/mol. The van der Waals surface area contributed by atoms with Crippen LogP contribution < -0.4 is 5.32 Å². The van der Waals surface area contributed by atoms with Crippen molar-refractivity contribution < 1.29 is 28.6 Å². The third kappa shape index (κ3) is 4.02. The third-order valence-corrected chi connectivity index (χ3v) is 3.22. The van der Waals surface area contributed by atoms with Crippen LogP contribution in [0.1, 0.15) is 19.8 Å². The summed E-state index contributed by atoms with van der Waals surface area (Å²) in [6.45, 7) is -0.207. The summed E-state index contributed by atoms with van der Waals surface area (Å²) >= 11 is 0. The summed E-state index contributed by atoms with van der Waals surface area (Å²) in [7, 11) is 0. The summed E-state index contributed by atoms with van der Waals surface area (Å²) in [5.41, 5.74) is -1.45. The molecule has 1 aliphatic carbocycles. The molecule has 1 unspecified atom stereocenters. The van der Waals surface area contributed by atoms with Crippen molar-refractivity contribution in [3.63, 3.8) is 0 Å². The number of aliphatic hydroxyl groups is 1. The van der Waals surface area contributed by atoms with Gasteiger partial charge in [0.1, 0.15) is 5.54 Å². The Bertz CT molecular complexity index is 350. The van der Waals surface area contributed by atoms with Gasteiger partial charge < -0.3 is 20.4 Å². The molecule has 19 heavy (non-hydrogen) atoms. The molecule has 0 heterocycles. The van der Waals surface area contributed by atoms with Crippen molar-refractivity contribution >= 4 is 12.0 Å². The average Bonchev–Trinajstić information content (AvgIpc) is 3.11. The second kappa shape index (κ2) is 6.14. The summed E-state index contributed by atoms with van der Waals surface area (Å²) in [6, 6.07) is -0.897. The van der Waals surface area contributed by atoms with Crippen LogP contribution in [0.3, 0.4) is 0 Å². The standard InChI is InChI=1S/C11H18F2N2O4/c1-11(9(17)18,7-2-3-7)14-10(19)15(4-5-16)6-8(12)13/h7-8,16H,2-6H2,1H3,(H,14,19)(H,17,18). The minimum absolute atomic E-state index is 0.184. The number of carboxylic acid groups (broad SMARTS) is 1. The van der Waals surface area contributed by atoms with Gasteiger partial charge in [0.15, 0.2) is 0 Å². The van der Waals surface area contributed by atoms with Crippen LogP contribution in [0.5, 0.6) is 0 Å². The Labute approximate surface area is 109 Å². The van der Waals surface area contributed by atoms with E-state index >= 15 is 0 Å². The topological polar surface area (TPSA) is 89.9 Å². The molecule has 1 rings (SSSR count). The molecule has 2 amide bonds. The Morgan fingerprint density at radius 3 is 2.42 bits per heavy atom. The largest absolute Gasteiger partial charge is 0.480 e. The summed E-state index contributed by atoms with van der Waals surface area (Å²) in [5.74, 6) is -1.37. The van der Waals surface area contributed by atoms with Crippen LogP contribution in [-0.4, -0.2) is 58.8 Å². The first-order chi connectivity index (χ1) is 8.81. The van der Waals surface area contributed by atoms with Crippen LogP contribution in [0.15, 0.2) is 0 Å². The second-order valence-electron chi connectivity index (χ2n) is 4.77. The van der Waals surface area contributed by atoms with Gasteiger partial charge in [-0.3, -0.25) is 0 Å². The van der Waals surface area contributed by atoms with E-state index in [0.29, 0.717) is 17.7 Å². The monoisotopic (exact) mass is 280 g/mol. The molecule has 0 aromatic carbocycles. The van der Waals surface area contributed by atoms with E-state index in [1.165, 1.54) is 6.92 Å². The van der Waals surface area contributed by atoms with Crippen LogP contribution in [0.25, 0.3) is 0 Å². The highest BCUT2D eigenvalue weighted by molar-refractivity contribution is 5.86. The maximum Gasteiger partial charge on any atom is 0.329 e. The van der Waals surface area contributed by atoms with Gasteiger partial charge in [0, 0.05) is 6.54 Å². The number of carbonyl (C=O) groups is 2. The average molecular weight is 280 g/mol. The Balaban J connectivity index is 2.70. The van der Waals surface area contributed by atoms with Crippen LogP contribution >= 0.6 is 0 Å². The minimum atomic E-state index is -2.74. The van der Waals surface area contributed by atoms with Crippen molar-refractivity contribution in [1.82, 2.24) is 10.2 Å². The molecule has 8 heteroatoms. The SMILES string of the molecule is CC(NC(=O)N(CCO)CC(F)F)(C(=O)O)C1CC1. The smallest absolute Gasteiger partial charge is 0.329 e. The Hall–Kier alpha value is -1.44. The number of carboxylic acids is 1. The predicted molar refractivity (Wildman–Crippen MR) is 62.0 cm³/mol. The van der Waals surface area contributed by atoms with E-state index in [1.54, 1.807) is 0 Å². The van der Waals surface area contributed by atoms with E-state index in [9.17, 15) is 18.4 Å². The summed E-state index contributed by atoms with van der Waals surface area (Å²) in [6.07, 6.45) is -1.38. The lowest BCUT2D eigenvalue weighted by Crippen LogP contribution is -2.58. The molecule has 3 N–H and O–H groups in total. The zero-order chi connectivity index (χ0) is 14.6. The van der Waals surface area contributed by atoms with Crippen LogP contribution in [0.4, 0.5) is 13.6 Å². The summed E-state index contributed by atoms with van der Waals surface area (Å²) in [5, 5.41) is 20.2.